The van der Waals surface area contributed by atoms with E-state index in [4.69, 9.17) is 5.11 Å². The summed E-state index contributed by atoms with van der Waals surface area (Å²) in [4.78, 5) is 23.2. The van der Waals surface area contributed by atoms with Crippen LogP contribution in [0.5, 0.6) is 0 Å². The second-order valence-corrected chi connectivity index (χ2v) is 5.15. The van der Waals surface area contributed by atoms with E-state index >= 15 is 0 Å². The van der Waals surface area contributed by atoms with Gasteiger partial charge in [-0.25, -0.2) is 4.39 Å². The summed E-state index contributed by atoms with van der Waals surface area (Å²) in [5, 5.41) is 20.0. The molecule has 0 radical (unpaired) electrons. The molecule has 1 aromatic rings. The predicted octanol–water partition coefficient (Wildman–Crippen LogP) is 1.89. The largest absolute Gasteiger partial charge is 0.481 e. The molecule has 0 spiro atoms. The number of nitro benzene ring substituents is 1. The van der Waals surface area contributed by atoms with Crippen LogP contribution in [-0.4, -0.2) is 34.0 Å². The van der Waals surface area contributed by atoms with E-state index in [0.717, 1.165) is 18.2 Å². The van der Waals surface area contributed by atoms with Gasteiger partial charge in [0, 0.05) is 31.3 Å². The first-order valence-electron chi connectivity index (χ1n) is 6.26. The maximum atomic E-state index is 13.2. The van der Waals surface area contributed by atoms with Crippen molar-refractivity contribution in [1.82, 2.24) is 4.90 Å². The van der Waals surface area contributed by atoms with Crippen LogP contribution >= 0.6 is 0 Å². The zero-order valence-electron chi connectivity index (χ0n) is 11.0. The third-order valence-electron chi connectivity index (χ3n) is 3.64. The third-order valence-corrected chi connectivity index (χ3v) is 3.64. The Morgan fingerprint density at radius 3 is 2.80 bits per heavy atom. The summed E-state index contributed by atoms with van der Waals surface area (Å²) >= 11 is 0. The van der Waals surface area contributed by atoms with Gasteiger partial charge in [-0.05, 0) is 18.1 Å². The van der Waals surface area contributed by atoms with Crippen LogP contribution in [-0.2, 0) is 11.3 Å². The summed E-state index contributed by atoms with van der Waals surface area (Å²) in [6, 6.07) is 3.32. The van der Waals surface area contributed by atoms with Crippen molar-refractivity contribution < 1.29 is 19.2 Å². The first-order chi connectivity index (χ1) is 9.38. The van der Waals surface area contributed by atoms with Gasteiger partial charge in [0.1, 0.15) is 5.82 Å². The molecular formula is C13H15FN2O4. The van der Waals surface area contributed by atoms with Gasteiger partial charge in [0.15, 0.2) is 0 Å². The molecule has 0 saturated carbocycles. The third kappa shape index (κ3) is 2.93. The molecule has 1 heterocycles. The molecule has 2 rings (SSSR count). The molecule has 0 aliphatic carbocycles. The maximum absolute atomic E-state index is 13.2. The summed E-state index contributed by atoms with van der Waals surface area (Å²) in [5.74, 6) is -1.91. The van der Waals surface area contributed by atoms with Gasteiger partial charge >= 0.3 is 5.97 Å². The smallest absolute Gasteiger partial charge is 0.308 e. The van der Waals surface area contributed by atoms with E-state index in [2.05, 4.69) is 0 Å². The Morgan fingerprint density at radius 2 is 2.25 bits per heavy atom. The van der Waals surface area contributed by atoms with Gasteiger partial charge in [-0.2, -0.15) is 0 Å². The highest BCUT2D eigenvalue weighted by Gasteiger charge is 2.35. The Kier molecular flexibility index (Phi) is 3.99. The molecule has 1 aromatic carbocycles. The Hall–Kier alpha value is -2.02. The fourth-order valence-corrected chi connectivity index (χ4v) is 2.62. The van der Waals surface area contributed by atoms with Crippen molar-refractivity contribution in [2.24, 2.45) is 11.8 Å². The predicted molar refractivity (Wildman–Crippen MR) is 68.6 cm³/mol. The number of rotatable bonds is 4. The van der Waals surface area contributed by atoms with E-state index < -0.39 is 22.6 Å². The number of hydrogen-bond donors (Lipinski definition) is 1. The lowest BCUT2D eigenvalue weighted by molar-refractivity contribution is -0.385. The van der Waals surface area contributed by atoms with Gasteiger partial charge < -0.3 is 5.11 Å². The number of aliphatic carboxylic acids is 1. The lowest BCUT2D eigenvalue weighted by Crippen LogP contribution is -2.23. The lowest BCUT2D eigenvalue weighted by atomic mass is 9.99. The number of nitrogens with zero attached hydrogens (tertiary/aromatic N) is 2. The van der Waals surface area contributed by atoms with E-state index in [1.54, 1.807) is 0 Å². The van der Waals surface area contributed by atoms with Crippen LogP contribution in [0.15, 0.2) is 18.2 Å². The first-order valence-corrected chi connectivity index (χ1v) is 6.26. The monoisotopic (exact) mass is 282 g/mol. The molecule has 108 valence electrons. The normalized spacial score (nSPS) is 22.9. The molecular weight excluding hydrogens is 267 g/mol. The Morgan fingerprint density at radius 1 is 1.55 bits per heavy atom. The average molecular weight is 282 g/mol. The van der Waals surface area contributed by atoms with Crippen molar-refractivity contribution in [3.05, 3.63) is 39.7 Å². The number of hydrogen-bond acceptors (Lipinski definition) is 4. The SMILES string of the molecule is C[C@@H]1CN(Cc2cc(F)ccc2[N+](=O)[O-])C[C@H]1C(=O)O. The second-order valence-electron chi connectivity index (χ2n) is 5.15. The van der Waals surface area contributed by atoms with Crippen LogP contribution in [0.2, 0.25) is 0 Å². The van der Waals surface area contributed by atoms with Gasteiger partial charge in [-0.15, -0.1) is 0 Å². The van der Waals surface area contributed by atoms with Crippen molar-refractivity contribution in [1.29, 1.82) is 0 Å². The number of nitro groups is 1. The molecule has 1 fully saturated rings. The minimum Gasteiger partial charge on any atom is -0.481 e. The number of likely N-dealkylation sites (tertiary alicyclic amines) is 1. The molecule has 1 saturated heterocycles. The highest BCUT2D eigenvalue weighted by Crippen LogP contribution is 2.27. The van der Waals surface area contributed by atoms with E-state index in [0.29, 0.717) is 13.1 Å². The van der Waals surface area contributed by atoms with E-state index in [9.17, 15) is 19.3 Å². The Balaban J connectivity index is 2.17. The van der Waals surface area contributed by atoms with Crippen LogP contribution in [0.3, 0.4) is 0 Å². The average Bonchev–Trinajstić information content (AvgIpc) is 2.70. The summed E-state index contributed by atoms with van der Waals surface area (Å²) in [6.45, 7) is 2.87. The number of carboxylic acid groups (broad SMARTS) is 1. The summed E-state index contributed by atoms with van der Waals surface area (Å²) in [5.41, 5.74) is 0.131. The molecule has 6 nitrogen and oxygen atoms in total. The minimum absolute atomic E-state index is 0.0277. The fourth-order valence-electron chi connectivity index (χ4n) is 2.62. The first kappa shape index (κ1) is 14.4. The van der Waals surface area contributed by atoms with Gasteiger partial charge in [0.2, 0.25) is 0 Å². The maximum Gasteiger partial charge on any atom is 0.308 e. The quantitative estimate of drug-likeness (QED) is 0.673. The second kappa shape index (κ2) is 5.54. The van der Waals surface area contributed by atoms with Gasteiger partial charge in [0.25, 0.3) is 5.69 Å². The molecule has 1 N–H and O–H groups in total. The van der Waals surface area contributed by atoms with E-state index in [-0.39, 0.29) is 23.7 Å². The number of halogens is 1. The van der Waals surface area contributed by atoms with Crippen LogP contribution in [0.25, 0.3) is 0 Å². The molecule has 0 unspecified atom stereocenters. The van der Waals surface area contributed by atoms with Crippen LogP contribution in [0.4, 0.5) is 10.1 Å². The van der Waals surface area contributed by atoms with Gasteiger partial charge in [0.05, 0.1) is 10.8 Å². The Bertz CT molecular complexity index is 549. The molecule has 7 heteroatoms. The molecule has 0 amide bonds. The molecule has 0 bridgehead atoms. The van der Waals surface area contributed by atoms with Gasteiger partial charge in [-0.3, -0.25) is 19.8 Å². The number of carbonyl (C=O) groups is 1. The molecule has 0 aromatic heterocycles. The van der Waals surface area contributed by atoms with Crippen LogP contribution < -0.4 is 0 Å². The lowest BCUT2D eigenvalue weighted by Gasteiger charge is -2.15. The van der Waals surface area contributed by atoms with Crippen LogP contribution in [0, 0.1) is 27.8 Å². The summed E-state index contributed by atoms with van der Waals surface area (Å²) < 4.78 is 13.2. The molecule has 1 aliphatic heterocycles. The summed E-state index contributed by atoms with van der Waals surface area (Å²) in [6.07, 6.45) is 0. The minimum atomic E-state index is -0.867. The number of carboxylic acids is 1. The van der Waals surface area contributed by atoms with Crippen molar-refractivity contribution in [2.45, 2.75) is 13.5 Å². The van der Waals surface area contributed by atoms with Crippen molar-refractivity contribution in [3.63, 3.8) is 0 Å². The van der Waals surface area contributed by atoms with Crippen molar-refractivity contribution in [3.8, 4) is 0 Å². The van der Waals surface area contributed by atoms with E-state index in [1.165, 1.54) is 0 Å². The van der Waals surface area contributed by atoms with Crippen LogP contribution in [0.1, 0.15) is 12.5 Å². The van der Waals surface area contributed by atoms with Crippen molar-refractivity contribution in [2.75, 3.05) is 13.1 Å². The van der Waals surface area contributed by atoms with Crippen molar-refractivity contribution >= 4 is 11.7 Å². The molecule has 2 atom stereocenters. The van der Waals surface area contributed by atoms with Gasteiger partial charge in [-0.1, -0.05) is 6.92 Å². The molecule has 1 aliphatic rings. The topological polar surface area (TPSA) is 83.7 Å². The summed E-state index contributed by atoms with van der Waals surface area (Å²) in [7, 11) is 0. The van der Waals surface area contributed by atoms with E-state index in [1.807, 2.05) is 11.8 Å². The fraction of sp³-hybridized carbons (Fsp3) is 0.462. The Labute approximate surface area is 115 Å². The standard InChI is InChI=1S/C13H15FN2O4/c1-8-5-15(7-11(8)13(17)18)6-9-4-10(14)2-3-12(9)16(19)20/h2-4,8,11H,5-7H2,1H3,(H,17,18)/t8-,11-/m1/s1. The highest BCUT2D eigenvalue weighted by molar-refractivity contribution is 5.71. The molecule has 20 heavy (non-hydrogen) atoms. The highest BCUT2D eigenvalue weighted by atomic mass is 19.1. The zero-order chi connectivity index (χ0) is 14.9. The number of benzene rings is 1. The zero-order valence-corrected chi connectivity index (χ0v) is 11.0.